The lowest BCUT2D eigenvalue weighted by molar-refractivity contribution is -0.104. The van der Waals surface area contributed by atoms with Gasteiger partial charge in [0.2, 0.25) is 0 Å². The quantitative estimate of drug-likeness (QED) is 0.264. The van der Waals surface area contributed by atoms with Gasteiger partial charge in [0, 0.05) is 0 Å². The van der Waals surface area contributed by atoms with Crippen molar-refractivity contribution in [3.05, 3.63) is 23.3 Å². The van der Waals surface area contributed by atoms with E-state index in [1.54, 1.807) is 0 Å². The molecule has 1 nitrogen and oxygen atoms in total. The smallest absolute Gasteiger partial charge is 0.146 e. The maximum Gasteiger partial charge on any atom is 0.146 e. The van der Waals surface area contributed by atoms with Gasteiger partial charge in [-0.1, -0.05) is 31.9 Å². The standard InChI is InChI=1S/C12H20O/c1-4-5-6-7-8-9-11(2)12(3)10-13/h8-10H,4-7H2,1-3H3/b9-8+,12-11+. The number of carbonyl (C=O) groups excluding carboxylic acids is 1. The molecular weight excluding hydrogens is 160 g/mol. The Kier molecular flexibility index (Phi) is 7.27. The Morgan fingerprint density at radius 2 is 1.85 bits per heavy atom. The third kappa shape index (κ3) is 6.32. The van der Waals surface area contributed by atoms with E-state index in [2.05, 4.69) is 13.0 Å². The molecule has 0 aliphatic heterocycles. The van der Waals surface area contributed by atoms with E-state index in [1.807, 2.05) is 19.9 Å². The van der Waals surface area contributed by atoms with Crippen molar-refractivity contribution >= 4 is 6.29 Å². The number of aldehydes is 1. The molecule has 0 aliphatic rings. The highest BCUT2D eigenvalue weighted by molar-refractivity contribution is 5.74. The van der Waals surface area contributed by atoms with Crippen molar-refractivity contribution in [2.45, 2.75) is 46.5 Å². The number of rotatable bonds is 6. The minimum absolute atomic E-state index is 0.826. The van der Waals surface area contributed by atoms with Crippen molar-refractivity contribution in [2.75, 3.05) is 0 Å². The molecule has 74 valence electrons. The summed E-state index contributed by atoms with van der Waals surface area (Å²) in [5.74, 6) is 0. The van der Waals surface area contributed by atoms with Gasteiger partial charge >= 0.3 is 0 Å². The fourth-order valence-electron chi connectivity index (χ4n) is 0.997. The van der Waals surface area contributed by atoms with E-state index < -0.39 is 0 Å². The SMILES string of the molecule is CCCCC/C=C/C(C)=C(\C)C=O. The highest BCUT2D eigenvalue weighted by Crippen LogP contribution is 2.05. The van der Waals surface area contributed by atoms with Crippen LogP contribution in [0.5, 0.6) is 0 Å². The zero-order chi connectivity index (χ0) is 10.1. The Labute approximate surface area is 81.5 Å². The second kappa shape index (κ2) is 7.78. The summed E-state index contributed by atoms with van der Waals surface area (Å²) in [5.41, 5.74) is 1.90. The molecule has 0 spiro atoms. The summed E-state index contributed by atoms with van der Waals surface area (Å²) in [7, 11) is 0. The van der Waals surface area contributed by atoms with Crippen LogP contribution in [0, 0.1) is 0 Å². The first-order valence-electron chi connectivity index (χ1n) is 5.01. The van der Waals surface area contributed by atoms with E-state index in [1.165, 1.54) is 19.3 Å². The Morgan fingerprint density at radius 3 is 2.38 bits per heavy atom. The summed E-state index contributed by atoms with van der Waals surface area (Å²) in [6, 6.07) is 0. The van der Waals surface area contributed by atoms with Crippen LogP contribution in [0.25, 0.3) is 0 Å². The van der Waals surface area contributed by atoms with Crippen LogP contribution in [0.2, 0.25) is 0 Å². The lowest BCUT2D eigenvalue weighted by Gasteiger charge is -1.95. The normalized spacial score (nSPS) is 13.2. The van der Waals surface area contributed by atoms with E-state index >= 15 is 0 Å². The minimum atomic E-state index is 0.826. The molecule has 0 bridgehead atoms. The summed E-state index contributed by atoms with van der Waals surface area (Å²) in [4.78, 5) is 10.4. The van der Waals surface area contributed by atoms with Crippen molar-refractivity contribution < 1.29 is 4.79 Å². The molecule has 0 aromatic carbocycles. The largest absolute Gasteiger partial charge is 0.298 e. The average Bonchev–Trinajstić information content (AvgIpc) is 2.16. The van der Waals surface area contributed by atoms with Crippen LogP contribution >= 0.6 is 0 Å². The van der Waals surface area contributed by atoms with Gasteiger partial charge in [-0.3, -0.25) is 4.79 Å². The fraction of sp³-hybridized carbons (Fsp3) is 0.583. The summed E-state index contributed by atoms with van der Waals surface area (Å²) < 4.78 is 0. The van der Waals surface area contributed by atoms with Crippen LogP contribution in [-0.4, -0.2) is 6.29 Å². The first-order valence-corrected chi connectivity index (χ1v) is 5.01. The van der Waals surface area contributed by atoms with E-state index in [-0.39, 0.29) is 0 Å². The van der Waals surface area contributed by atoms with Crippen molar-refractivity contribution in [2.24, 2.45) is 0 Å². The van der Waals surface area contributed by atoms with Crippen LogP contribution in [-0.2, 0) is 4.79 Å². The molecule has 0 radical (unpaired) electrons. The van der Waals surface area contributed by atoms with Gasteiger partial charge in [0.05, 0.1) is 0 Å². The molecule has 0 fully saturated rings. The van der Waals surface area contributed by atoms with E-state index in [4.69, 9.17) is 0 Å². The first kappa shape index (κ1) is 12.2. The van der Waals surface area contributed by atoms with Gasteiger partial charge in [-0.05, 0) is 37.8 Å². The maximum absolute atomic E-state index is 10.4. The van der Waals surface area contributed by atoms with Crippen molar-refractivity contribution in [1.82, 2.24) is 0 Å². The molecule has 0 aromatic rings. The monoisotopic (exact) mass is 180 g/mol. The van der Waals surface area contributed by atoms with Crippen LogP contribution in [0.3, 0.4) is 0 Å². The van der Waals surface area contributed by atoms with E-state index in [0.717, 1.165) is 23.9 Å². The van der Waals surface area contributed by atoms with Gasteiger partial charge in [-0.15, -0.1) is 0 Å². The Hall–Kier alpha value is -0.850. The Morgan fingerprint density at radius 1 is 1.15 bits per heavy atom. The van der Waals surface area contributed by atoms with Crippen molar-refractivity contribution in [1.29, 1.82) is 0 Å². The van der Waals surface area contributed by atoms with Gasteiger partial charge in [-0.2, -0.15) is 0 Å². The zero-order valence-electron chi connectivity index (χ0n) is 8.97. The van der Waals surface area contributed by atoms with Crippen molar-refractivity contribution in [3.8, 4) is 0 Å². The summed E-state index contributed by atoms with van der Waals surface area (Å²) in [6.45, 7) is 6.02. The van der Waals surface area contributed by atoms with Crippen LogP contribution in [0.1, 0.15) is 46.5 Å². The first-order chi connectivity index (χ1) is 6.22. The van der Waals surface area contributed by atoms with Gasteiger partial charge in [0.15, 0.2) is 0 Å². The van der Waals surface area contributed by atoms with Gasteiger partial charge < -0.3 is 0 Å². The molecule has 0 atom stereocenters. The molecule has 13 heavy (non-hydrogen) atoms. The number of hydrogen-bond acceptors (Lipinski definition) is 1. The van der Waals surface area contributed by atoms with Crippen LogP contribution < -0.4 is 0 Å². The molecular formula is C12H20O. The molecule has 0 unspecified atom stereocenters. The van der Waals surface area contributed by atoms with Gasteiger partial charge in [-0.25, -0.2) is 0 Å². The minimum Gasteiger partial charge on any atom is -0.298 e. The fourth-order valence-corrected chi connectivity index (χ4v) is 0.997. The van der Waals surface area contributed by atoms with E-state index in [0.29, 0.717) is 0 Å². The summed E-state index contributed by atoms with van der Waals surface area (Å²) >= 11 is 0. The molecule has 0 saturated carbocycles. The molecule has 0 rings (SSSR count). The topological polar surface area (TPSA) is 17.1 Å². The molecule has 0 N–H and O–H groups in total. The molecule has 0 aliphatic carbocycles. The predicted octanol–water partition coefficient (Wildman–Crippen LogP) is 3.66. The number of allylic oxidation sites excluding steroid dienone is 4. The average molecular weight is 180 g/mol. The third-order valence-corrected chi connectivity index (χ3v) is 2.14. The number of carbonyl (C=O) groups is 1. The molecule has 0 amide bonds. The second-order valence-electron chi connectivity index (χ2n) is 3.38. The second-order valence-corrected chi connectivity index (χ2v) is 3.38. The summed E-state index contributed by atoms with van der Waals surface area (Å²) in [5, 5.41) is 0. The lowest BCUT2D eigenvalue weighted by atomic mass is 10.1. The van der Waals surface area contributed by atoms with Crippen molar-refractivity contribution in [3.63, 3.8) is 0 Å². The third-order valence-electron chi connectivity index (χ3n) is 2.14. The molecule has 0 aromatic heterocycles. The number of unbranched alkanes of at least 4 members (excludes halogenated alkanes) is 3. The highest BCUT2D eigenvalue weighted by atomic mass is 16.1. The molecule has 1 heteroatoms. The summed E-state index contributed by atoms with van der Waals surface area (Å²) in [6.07, 6.45) is 10.0. The molecule has 0 heterocycles. The maximum atomic E-state index is 10.4. The Balaban J connectivity index is 3.78. The highest BCUT2D eigenvalue weighted by Gasteiger charge is 1.89. The van der Waals surface area contributed by atoms with Gasteiger partial charge in [0.25, 0.3) is 0 Å². The zero-order valence-corrected chi connectivity index (χ0v) is 8.97. The lowest BCUT2D eigenvalue weighted by Crippen LogP contribution is -1.81. The van der Waals surface area contributed by atoms with E-state index in [9.17, 15) is 4.79 Å². The van der Waals surface area contributed by atoms with Crippen LogP contribution in [0.4, 0.5) is 0 Å². The predicted molar refractivity (Wildman–Crippen MR) is 57.7 cm³/mol. The van der Waals surface area contributed by atoms with Gasteiger partial charge in [0.1, 0.15) is 6.29 Å². The van der Waals surface area contributed by atoms with Crippen LogP contribution in [0.15, 0.2) is 23.3 Å². The molecule has 0 saturated heterocycles. The Bertz CT molecular complexity index is 199. The number of hydrogen-bond donors (Lipinski definition) is 0.